The third-order valence-corrected chi connectivity index (χ3v) is 3.74. The van der Waals surface area contributed by atoms with Gasteiger partial charge in [-0.2, -0.15) is 0 Å². The predicted molar refractivity (Wildman–Crippen MR) is 79.8 cm³/mol. The lowest BCUT2D eigenvalue weighted by molar-refractivity contribution is 1.52. The molecule has 0 atom stereocenters. The second kappa shape index (κ2) is 4.10. The minimum atomic E-state index is 1.28. The van der Waals surface area contributed by atoms with Crippen LogP contribution in [0.25, 0.3) is 22.3 Å². The van der Waals surface area contributed by atoms with Crippen molar-refractivity contribution in [2.45, 2.75) is 0 Å². The molecular formula is C19H13. The molecule has 0 bridgehead atoms. The van der Waals surface area contributed by atoms with Crippen LogP contribution in [-0.4, -0.2) is 0 Å². The predicted octanol–water partition coefficient (Wildman–Crippen LogP) is 4.93. The third kappa shape index (κ3) is 1.61. The molecule has 1 radical (unpaired) electrons. The minimum Gasteiger partial charge on any atom is -0.0622 e. The maximum atomic E-state index is 2.30. The van der Waals surface area contributed by atoms with Crippen molar-refractivity contribution in [3.8, 4) is 22.3 Å². The Morgan fingerprint density at radius 3 is 2.05 bits per heavy atom. The number of rotatable bonds is 1. The third-order valence-electron chi connectivity index (χ3n) is 3.74. The summed E-state index contributed by atoms with van der Waals surface area (Å²) in [5.74, 6) is 0. The van der Waals surface area contributed by atoms with Crippen LogP contribution in [0.15, 0.2) is 72.8 Å². The maximum Gasteiger partial charge on any atom is 0.0218 e. The summed E-state index contributed by atoms with van der Waals surface area (Å²) in [6.07, 6.45) is 2.30. The molecule has 0 heterocycles. The molecule has 0 saturated heterocycles. The van der Waals surface area contributed by atoms with E-state index < -0.39 is 0 Å². The maximum absolute atomic E-state index is 2.30. The Morgan fingerprint density at radius 2 is 1.16 bits per heavy atom. The van der Waals surface area contributed by atoms with Crippen LogP contribution in [0.5, 0.6) is 0 Å². The van der Waals surface area contributed by atoms with Crippen molar-refractivity contribution in [1.82, 2.24) is 0 Å². The van der Waals surface area contributed by atoms with Crippen molar-refractivity contribution in [1.29, 1.82) is 0 Å². The van der Waals surface area contributed by atoms with Crippen LogP contribution in [0, 0.1) is 6.42 Å². The molecule has 0 saturated carbocycles. The summed E-state index contributed by atoms with van der Waals surface area (Å²) in [4.78, 5) is 0. The number of hydrogen-bond donors (Lipinski definition) is 0. The van der Waals surface area contributed by atoms with E-state index in [1.54, 1.807) is 0 Å². The first kappa shape index (κ1) is 10.6. The summed E-state index contributed by atoms with van der Waals surface area (Å²) in [7, 11) is 0. The molecule has 19 heavy (non-hydrogen) atoms. The van der Waals surface area contributed by atoms with E-state index in [0.717, 1.165) is 0 Å². The SMILES string of the molecule is [CH]1c2ccccc2-c2cccc(-c3ccccc3)c21. The van der Waals surface area contributed by atoms with Gasteiger partial charge < -0.3 is 0 Å². The minimum absolute atomic E-state index is 1.28. The average Bonchev–Trinajstić information content (AvgIpc) is 2.87. The fourth-order valence-corrected chi connectivity index (χ4v) is 2.85. The molecule has 1 aliphatic rings. The quantitative estimate of drug-likeness (QED) is 0.443. The Labute approximate surface area is 113 Å². The Bertz CT molecular complexity index is 739. The van der Waals surface area contributed by atoms with Gasteiger partial charge in [-0.25, -0.2) is 0 Å². The van der Waals surface area contributed by atoms with E-state index in [9.17, 15) is 0 Å². The van der Waals surface area contributed by atoms with Crippen molar-refractivity contribution in [3.63, 3.8) is 0 Å². The number of hydrogen-bond acceptors (Lipinski definition) is 0. The molecule has 1 aliphatic carbocycles. The van der Waals surface area contributed by atoms with Crippen molar-refractivity contribution in [2.24, 2.45) is 0 Å². The van der Waals surface area contributed by atoms with Gasteiger partial charge in [0.05, 0.1) is 0 Å². The highest BCUT2D eigenvalue weighted by atomic mass is 14.2. The highest BCUT2D eigenvalue weighted by Gasteiger charge is 2.20. The fourth-order valence-electron chi connectivity index (χ4n) is 2.85. The first-order valence-electron chi connectivity index (χ1n) is 6.56. The number of benzene rings is 3. The molecule has 3 aromatic carbocycles. The molecule has 89 valence electrons. The second-order valence-electron chi connectivity index (χ2n) is 4.86. The van der Waals surface area contributed by atoms with Crippen LogP contribution < -0.4 is 0 Å². The van der Waals surface area contributed by atoms with Gasteiger partial charge in [-0.1, -0.05) is 72.8 Å². The summed E-state index contributed by atoms with van der Waals surface area (Å²) in [5.41, 5.74) is 7.95. The van der Waals surface area contributed by atoms with Crippen LogP contribution in [-0.2, 0) is 0 Å². The van der Waals surface area contributed by atoms with Gasteiger partial charge in [-0.15, -0.1) is 0 Å². The van der Waals surface area contributed by atoms with Crippen LogP contribution in [0.4, 0.5) is 0 Å². The molecule has 0 fully saturated rings. The lowest BCUT2D eigenvalue weighted by Crippen LogP contribution is -1.85. The zero-order valence-electron chi connectivity index (χ0n) is 10.5. The molecule has 0 aromatic heterocycles. The Kier molecular flexibility index (Phi) is 2.28. The van der Waals surface area contributed by atoms with E-state index in [1.165, 1.54) is 33.4 Å². The van der Waals surface area contributed by atoms with Crippen molar-refractivity contribution in [2.75, 3.05) is 0 Å². The van der Waals surface area contributed by atoms with Crippen LogP contribution in [0.3, 0.4) is 0 Å². The van der Waals surface area contributed by atoms with Crippen molar-refractivity contribution in [3.05, 3.63) is 90.3 Å². The van der Waals surface area contributed by atoms with Crippen LogP contribution >= 0.6 is 0 Å². The van der Waals surface area contributed by atoms with Crippen molar-refractivity contribution < 1.29 is 0 Å². The van der Waals surface area contributed by atoms with Crippen LogP contribution in [0.1, 0.15) is 11.1 Å². The Balaban J connectivity index is 1.95. The van der Waals surface area contributed by atoms with Crippen molar-refractivity contribution >= 4 is 0 Å². The monoisotopic (exact) mass is 241 g/mol. The smallest absolute Gasteiger partial charge is 0.0218 e. The van der Waals surface area contributed by atoms with Gasteiger partial charge in [0, 0.05) is 6.42 Å². The van der Waals surface area contributed by atoms with E-state index in [0.29, 0.717) is 0 Å². The molecule has 0 amide bonds. The van der Waals surface area contributed by atoms with E-state index in [2.05, 4.69) is 79.2 Å². The standard InChI is InChI=1S/C19H13/c1-2-7-14(8-3-1)16-11-6-12-18-17-10-5-4-9-15(17)13-19(16)18/h1-13H. The summed E-state index contributed by atoms with van der Waals surface area (Å²) in [6, 6.07) is 25.8. The molecule has 3 aromatic rings. The average molecular weight is 241 g/mol. The molecule has 0 nitrogen and oxygen atoms in total. The van der Waals surface area contributed by atoms with E-state index in [4.69, 9.17) is 0 Å². The first-order valence-corrected chi connectivity index (χ1v) is 6.56. The van der Waals surface area contributed by atoms with Gasteiger partial charge in [-0.3, -0.25) is 0 Å². The van der Waals surface area contributed by atoms with E-state index in [-0.39, 0.29) is 0 Å². The van der Waals surface area contributed by atoms with Gasteiger partial charge >= 0.3 is 0 Å². The fraction of sp³-hybridized carbons (Fsp3) is 0. The summed E-state index contributed by atoms with van der Waals surface area (Å²) < 4.78 is 0. The van der Waals surface area contributed by atoms with Gasteiger partial charge in [0.25, 0.3) is 0 Å². The molecule has 4 rings (SSSR count). The van der Waals surface area contributed by atoms with Crippen LogP contribution in [0.2, 0.25) is 0 Å². The molecular weight excluding hydrogens is 228 g/mol. The zero-order valence-corrected chi connectivity index (χ0v) is 10.5. The van der Waals surface area contributed by atoms with E-state index >= 15 is 0 Å². The Morgan fingerprint density at radius 1 is 0.474 bits per heavy atom. The lowest BCUT2D eigenvalue weighted by atomic mass is 9.96. The Hall–Kier alpha value is -2.34. The normalized spacial score (nSPS) is 12.0. The first-order chi connectivity index (χ1) is 9.43. The van der Waals surface area contributed by atoms with Gasteiger partial charge in [0.1, 0.15) is 0 Å². The second-order valence-corrected chi connectivity index (χ2v) is 4.86. The van der Waals surface area contributed by atoms with Gasteiger partial charge in [0.15, 0.2) is 0 Å². The summed E-state index contributed by atoms with van der Waals surface area (Å²) in [5, 5.41) is 0. The van der Waals surface area contributed by atoms with Gasteiger partial charge in [-0.05, 0) is 33.4 Å². The zero-order chi connectivity index (χ0) is 12.7. The number of fused-ring (bicyclic) bond motifs is 3. The highest BCUT2D eigenvalue weighted by Crippen LogP contribution is 2.42. The summed E-state index contributed by atoms with van der Waals surface area (Å²) in [6.45, 7) is 0. The summed E-state index contributed by atoms with van der Waals surface area (Å²) >= 11 is 0. The van der Waals surface area contributed by atoms with Gasteiger partial charge in [0.2, 0.25) is 0 Å². The molecule has 0 spiro atoms. The molecule has 0 unspecified atom stereocenters. The topological polar surface area (TPSA) is 0 Å². The molecule has 0 heteroatoms. The largest absolute Gasteiger partial charge is 0.0622 e. The molecule has 0 aliphatic heterocycles. The molecule has 0 N–H and O–H groups in total. The van der Waals surface area contributed by atoms with E-state index in [1.807, 2.05) is 0 Å². The highest BCUT2D eigenvalue weighted by molar-refractivity contribution is 5.88. The lowest BCUT2D eigenvalue weighted by Gasteiger charge is -2.08.